The Morgan fingerprint density at radius 2 is 2.19 bits per heavy atom. The van der Waals surface area contributed by atoms with Crippen molar-refractivity contribution in [3.05, 3.63) is 35.4 Å². The summed E-state index contributed by atoms with van der Waals surface area (Å²) in [5.74, 6) is -1.27. The van der Waals surface area contributed by atoms with Crippen LogP contribution in [-0.2, 0) is 16.0 Å². The topological polar surface area (TPSA) is 108 Å². The van der Waals surface area contributed by atoms with Crippen molar-refractivity contribution >= 4 is 17.8 Å². The summed E-state index contributed by atoms with van der Waals surface area (Å²) in [5, 5.41) is 17.1. The zero-order chi connectivity index (χ0) is 15.2. The van der Waals surface area contributed by atoms with E-state index < -0.39 is 12.0 Å². The average Bonchev–Trinajstić information content (AvgIpc) is 2.48. The number of piperazine rings is 1. The van der Waals surface area contributed by atoms with Crippen molar-refractivity contribution in [1.29, 1.82) is 0 Å². The fourth-order valence-corrected chi connectivity index (χ4v) is 2.06. The summed E-state index contributed by atoms with van der Waals surface area (Å²) in [4.78, 5) is 33.7. The van der Waals surface area contributed by atoms with Gasteiger partial charge in [-0.1, -0.05) is 12.1 Å². The van der Waals surface area contributed by atoms with Crippen LogP contribution >= 0.6 is 0 Å². The molecule has 1 aromatic rings. The molecule has 7 nitrogen and oxygen atoms in total. The molecule has 1 aliphatic rings. The first-order valence-corrected chi connectivity index (χ1v) is 6.66. The minimum absolute atomic E-state index is 0.121. The lowest BCUT2D eigenvalue weighted by atomic mass is 10.1. The highest BCUT2D eigenvalue weighted by atomic mass is 16.4. The van der Waals surface area contributed by atoms with Gasteiger partial charge in [0.05, 0.1) is 12.1 Å². The molecule has 2 rings (SSSR count). The first-order chi connectivity index (χ1) is 10.1. The molecule has 1 heterocycles. The number of carboxylic acids is 1. The maximum absolute atomic E-state index is 11.9. The second kappa shape index (κ2) is 6.85. The van der Waals surface area contributed by atoms with Crippen LogP contribution in [0.4, 0.5) is 0 Å². The summed E-state index contributed by atoms with van der Waals surface area (Å²) in [7, 11) is 0. The van der Waals surface area contributed by atoms with Crippen LogP contribution in [0.25, 0.3) is 0 Å². The van der Waals surface area contributed by atoms with Crippen molar-refractivity contribution in [2.75, 3.05) is 19.6 Å². The van der Waals surface area contributed by atoms with Crippen molar-refractivity contribution in [3.63, 3.8) is 0 Å². The second-order valence-corrected chi connectivity index (χ2v) is 4.78. The van der Waals surface area contributed by atoms with Crippen LogP contribution in [0, 0.1) is 0 Å². The number of benzene rings is 1. The Hall–Kier alpha value is -2.41. The molecule has 1 aromatic carbocycles. The molecule has 21 heavy (non-hydrogen) atoms. The summed E-state index contributed by atoms with van der Waals surface area (Å²) >= 11 is 0. The fourth-order valence-electron chi connectivity index (χ4n) is 2.06. The lowest BCUT2D eigenvalue weighted by Gasteiger charge is -2.23. The third-order valence-electron chi connectivity index (χ3n) is 3.22. The number of carbonyl (C=O) groups excluding carboxylic acids is 2. The Morgan fingerprint density at radius 3 is 2.86 bits per heavy atom. The highest BCUT2D eigenvalue weighted by molar-refractivity contribution is 5.88. The van der Waals surface area contributed by atoms with Gasteiger partial charge in [-0.3, -0.25) is 14.9 Å². The minimum Gasteiger partial charge on any atom is -0.478 e. The highest BCUT2D eigenvalue weighted by Crippen LogP contribution is 2.05. The van der Waals surface area contributed by atoms with Crippen LogP contribution in [0.3, 0.4) is 0 Å². The lowest BCUT2D eigenvalue weighted by Crippen LogP contribution is -2.58. The lowest BCUT2D eigenvalue weighted by molar-refractivity contribution is -0.126. The van der Waals surface area contributed by atoms with Gasteiger partial charge in [-0.05, 0) is 24.1 Å². The third kappa shape index (κ3) is 4.28. The molecule has 0 spiro atoms. The molecular weight excluding hydrogens is 274 g/mol. The smallest absolute Gasteiger partial charge is 0.335 e. The number of carboxylic acid groups (broad SMARTS) is 1. The summed E-state index contributed by atoms with van der Waals surface area (Å²) in [6, 6.07) is 6.19. The first kappa shape index (κ1) is 15.0. The molecule has 0 bridgehead atoms. The van der Waals surface area contributed by atoms with Crippen molar-refractivity contribution in [1.82, 2.24) is 16.0 Å². The van der Waals surface area contributed by atoms with E-state index in [2.05, 4.69) is 16.0 Å². The first-order valence-electron chi connectivity index (χ1n) is 6.66. The summed E-state index contributed by atoms with van der Waals surface area (Å²) in [6.07, 6.45) is 0.548. The Balaban J connectivity index is 1.78. The van der Waals surface area contributed by atoms with Crippen LogP contribution in [-0.4, -0.2) is 48.6 Å². The molecule has 7 heteroatoms. The number of aromatic carboxylic acids is 1. The van der Waals surface area contributed by atoms with Crippen molar-refractivity contribution in [2.24, 2.45) is 0 Å². The van der Waals surface area contributed by atoms with E-state index >= 15 is 0 Å². The SMILES string of the molecule is O=C1CNC(C(=O)NCCc2cccc(C(=O)O)c2)CN1. The van der Waals surface area contributed by atoms with Gasteiger partial charge < -0.3 is 15.7 Å². The Bertz CT molecular complexity index is 549. The largest absolute Gasteiger partial charge is 0.478 e. The molecule has 0 aliphatic carbocycles. The van der Waals surface area contributed by atoms with Gasteiger partial charge in [0.25, 0.3) is 0 Å². The zero-order valence-electron chi connectivity index (χ0n) is 11.4. The zero-order valence-corrected chi connectivity index (χ0v) is 11.4. The second-order valence-electron chi connectivity index (χ2n) is 4.78. The molecular formula is C14H17N3O4. The van der Waals surface area contributed by atoms with Gasteiger partial charge in [0.2, 0.25) is 11.8 Å². The standard InChI is InChI=1S/C14H17N3O4/c18-12-8-16-11(7-17-12)13(19)15-5-4-9-2-1-3-10(6-9)14(20)21/h1-3,6,11,16H,4-5,7-8H2,(H,15,19)(H,17,18)(H,20,21). The Labute approximate surface area is 121 Å². The number of rotatable bonds is 5. The average molecular weight is 291 g/mol. The van der Waals surface area contributed by atoms with Crippen LogP contribution in [0.15, 0.2) is 24.3 Å². The molecule has 0 saturated carbocycles. The van der Waals surface area contributed by atoms with E-state index in [0.717, 1.165) is 5.56 Å². The molecule has 1 unspecified atom stereocenters. The van der Waals surface area contributed by atoms with E-state index in [0.29, 0.717) is 13.0 Å². The van der Waals surface area contributed by atoms with Crippen molar-refractivity contribution < 1.29 is 19.5 Å². The fraction of sp³-hybridized carbons (Fsp3) is 0.357. The normalized spacial score (nSPS) is 17.9. The molecule has 4 N–H and O–H groups in total. The number of amides is 2. The monoisotopic (exact) mass is 291 g/mol. The number of hydrogen-bond donors (Lipinski definition) is 4. The number of nitrogens with one attached hydrogen (secondary N) is 3. The Morgan fingerprint density at radius 1 is 1.38 bits per heavy atom. The van der Waals surface area contributed by atoms with Crippen molar-refractivity contribution in [3.8, 4) is 0 Å². The number of hydrogen-bond acceptors (Lipinski definition) is 4. The molecule has 1 saturated heterocycles. The molecule has 0 radical (unpaired) electrons. The maximum atomic E-state index is 11.9. The van der Waals surface area contributed by atoms with E-state index in [1.54, 1.807) is 12.1 Å². The van der Waals surface area contributed by atoms with Crippen LogP contribution in [0.1, 0.15) is 15.9 Å². The molecule has 1 atom stereocenters. The van der Waals surface area contributed by atoms with Crippen LogP contribution in [0.2, 0.25) is 0 Å². The van der Waals surface area contributed by atoms with E-state index in [9.17, 15) is 14.4 Å². The number of carbonyl (C=O) groups is 3. The molecule has 1 aliphatic heterocycles. The quantitative estimate of drug-likeness (QED) is 0.564. The predicted octanol–water partition coefficient (Wildman–Crippen LogP) is -0.868. The van der Waals surface area contributed by atoms with Crippen LogP contribution in [0.5, 0.6) is 0 Å². The third-order valence-corrected chi connectivity index (χ3v) is 3.22. The predicted molar refractivity (Wildman–Crippen MR) is 74.9 cm³/mol. The van der Waals surface area contributed by atoms with Gasteiger partial charge in [-0.25, -0.2) is 4.79 Å². The molecule has 112 valence electrons. The van der Waals surface area contributed by atoms with Crippen molar-refractivity contribution in [2.45, 2.75) is 12.5 Å². The minimum atomic E-state index is -0.969. The van der Waals surface area contributed by atoms with Gasteiger partial charge in [-0.2, -0.15) is 0 Å². The van der Waals surface area contributed by atoms with E-state index in [-0.39, 0.29) is 30.5 Å². The van der Waals surface area contributed by atoms with Gasteiger partial charge >= 0.3 is 5.97 Å². The van der Waals surface area contributed by atoms with Crippen LogP contribution < -0.4 is 16.0 Å². The van der Waals surface area contributed by atoms with E-state index in [1.165, 1.54) is 6.07 Å². The highest BCUT2D eigenvalue weighted by Gasteiger charge is 2.23. The molecule has 2 amide bonds. The Kier molecular flexibility index (Phi) is 4.89. The maximum Gasteiger partial charge on any atom is 0.335 e. The summed E-state index contributed by atoms with van der Waals surface area (Å²) in [5.41, 5.74) is 1.08. The van der Waals surface area contributed by atoms with Gasteiger partial charge in [0.1, 0.15) is 6.04 Å². The van der Waals surface area contributed by atoms with Gasteiger partial charge in [0, 0.05) is 13.1 Å². The molecule has 0 aromatic heterocycles. The summed E-state index contributed by atoms with van der Waals surface area (Å²) in [6.45, 7) is 0.825. The summed E-state index contributed by atoms with van der Waals surface area (Å²) < 4.78 is 0. The van der Waals surface area contributed by atoms with E-state index in [4.69, 9.17) is 5.11 Å². The van der Waals surface area contributed by atoms with E-state index in [1.807, 2.05) is 6.07 Å². The molecule has 1 fully saturated rings. The van der Waals surface area contributed by atoms with Gasteiger partial charge in [-0.15, -0.1) is 0 Å². The van der Waals surface area contributed by atoms with Gasteiger partial charge in [0.15, 0.2) is 0 Å².